The molecule has 4 aromatic heterocycles. The third kappa shape index (κ3) is 5.73. The summed E-state index contributed by atoms with van der Waals surface area (Å²) in [5.41, 5.74) is -2.56. The van der Waals surface area contributed by atoms with Gasteiger partial charge in [0.25, 0.3) is 5.56 Å². The smallest absolute Gasteiger partial charge is 0.378 e. The molecule has 1 fully saturated rings. The Kier molecular flexibility index (Phi) is 7.55. The van der Waals surface area contributed by atoms with E-state index in [-0.39, 0.29) is 27.6 Å². The van der Waals surface area contributed by atoms with Crippen LogP contribution in [0.3, 0.4) is 0 Å². The maximum Gasteiger partial charge on any atom is 0.471 e. The summed E-state index contributed by atoms with van der Waals surface area (Å²) in [4.78, 5) is 60.9. The number of ether oxygens (including phenoxy) is 1. The molecule has 0 aliphatic carbocycles. The van der Waals surface area contributed by atoms with E-state index in [4.69, 9.17) is 14.5 Å². The molecule has 6 rings (SSSR count). The predicted molar refractivity (Wildman–Crippen MR) is 151 cm³/mol. The molecule has 1 aliphatic heterocycles. The maximum atomic E-state index is 13.7. The van der Waals surface area contributed by atoms with E-state index in [0.29, 0.717) is 48.2 Å². The van der Waals surface area contributed by atoms with Gasteiger partial charge in [-0.2, -0.15) is 13.2 Å². The standard InChI is InChI=1S/C27H22F3N6O7P/c28-27(29,30)17-2-1-3-18(12-17)36-24-19(25(37)35(26(36)38)15-43-44(39,40)41)14-31-21-6-5-20(33-23(21)24)16-4-7-22(32-13-16)34-8-10-42-11-9-34/h1-7,12-14H,8-11,15H2,(H2,39,40,41). The lowest BCUT2D eigenvalue weighted by atomic mass is 10.1. The fourth-order valence-electron chi connectivity index (χ4n) is 4.87. The van der Waals surface area contributed by atoms with E-state index >= 15 is 0 Å². The van der Waals surface area contributed by atoms with Crippen molar-refractivity contribution >= 4 is 35.6 Å². The monoisotopic (exact) mass is 630 g/mol. The lowest BCUT2D eigenvalue weighted by Gasteiger charge is -2.27. The summed E-state index contributed by atoms with van der Waals surface area (Å²) in [6.07, 6.45) is -2.05. The number of hydrogen-bond donors (Lipinski definition) is 2. The summed E-state index contributed by atoms with van der Waals surface area (Å²) in [7, 11) is -5.14. The van der Waals surface area contributed by atoms with Crippen molar-refractivity contribution in [1.82, 2.24) is 24.1 Å². The summed E-state index contributed by atoms with van der Waals surface area (Å²) in [5.74, 6) is 0.737. The Morgan fingerprint density at radius 3 is 2.45 bits per heavy atom. The summed E-state index contributed by atoms with van der Waals surface area (Å²) in [6.45, 7) is 1.35. The highest BCUT2D eigenvalue weighted by Gasteiger charge is 2.31. The van der Waals surface area contributed by atoms with E-state index in [1.54, 1.807) is 24.4 Å². The lowest BCUT2D eigenvalue weighted by Crippen LogP contribution is -2.40. The first-order chi connectivity index (χ1) is 20.9. The molecule has 0 atom stereocenters. The quantitative estimate of drug-likeness (QED) is 0.210. The van der Waals surface area contributed by atoms with Gasteiger partial charge in [0, 0.05) is 31.0 Å². The molecule has 1 aliphatic rings. The minimum absolute atomic E-state index is 0.0203. The number of fused-ring (bicyclic) bond motifs is 3. The van der Waals surface area contributed by atoms with Gasteiger partial charge in [0.15, 0.2) is 0 Å². The molecule has 2 N–H and O–H groups in total. The summed E-state index contributed by atoms with van der Waals surface area (Å²) >= 11 is 0. The molecule has 1 saturated heterocycles. The maximum absolute atomic E-state index is 13.7. The zero-order valence-electron chi connectivity index (χ0n) is 22.5. The van der Waals surface area contributed by atoms with E-state index in [1.807, 2.05) is 6.07 Å². The summed E-state index contributed by atoms with van der Waals surface area (Å²) in [6, 6.07) is 10.7. The molecular weight excluding hydrogens is 608 g/mol. The van der Waals surface area contributed by atoms with Crippen molar-refractivity contribution in [3.05, 3.63) is 87.3 Å². The fraction of sp³-hybridized carbons (Fsp3) is 0.222. The predicted octanol–water partition coefficient (Wildman–Crippen LogP) is 3.08. The number of hydrogen-bond acceptors (Lipinski definition) is 9. The van der Waals surface area contributed by atoms with E-state index < -0.39 is 37.5 Å². The van der Waals surface area contributed by atoms with Gasteiger partial charge in [-0.3, -0.25) is 18.9 Å². The molecule has 13 nitrogen and oxygen atoms in total. The van der Waals surface area contributed by atoms with Crippen LogP contribution in [0.15, 0.2) is 70.5 Å². The molecule has 0 amide bonds. The van der Waals surface area contributed by atoms with Crippen molar-refractivity contribution in [2.24, 2.45) is 0 Å². The average molecular weight is 630 g/mol. The number of benzene rings is 1. The van der Waals surface area contributed by atoms with Gasteiger partial charge in [-0.1, -0.05) is 6.07 Å². The second kappa shape index (κ2) is 11.2. The van der Waals surface area contributed by atoms with Crippen LogP contribution in [0, 0.1) is 0 Å². The summed E-state index contributed by atoms with van der Waals surface area (Å²) < 4.78 is 63.2. The molecule has 5 heterocycles. The van der Waals surface area contributed by atoms with Crippen LogP contribution in [0.25, 0.3) is 38.9 Å². The van der Waals surface area contributed by atoms with Crippen molar-refractivity contribution in [3.8, 4) is 16.9 Å². The van der Waals surface area contributed by atoms with Gasteiger partial charge in [0.2, 0.25) is 0 Å². The first-order valence-corrected chi connectivity index (χ1v) is 14.6. The topological polar surface area (TPSA) is 162 Å². The Bertz CT molecular complexity index is 2060. The molecule has 0 unspecified atom stereocenters. The number of alkyl halides is 3. The van der Waals surface area contributed by atoms with Crippen LogP contribution in [-0.4, -0.2) is 60.2 Å². The third-order valence-electron chi connectivity index (χ3n) is 6.97. The van der Waals surface area contributed by atoms with Crippen LogP contribution in [0.1, 0.15) is 5.56 Å². The number of nitrogens with zero attached hydrogens (tertiary/aromatic N) is 6. The Balaban J connectivity index is 1.58. The highest BCUT2D eigenvalue weighted by molar-refractivity contribution is 7.46. The van der Waals surface area contributed by atoms with Crippen molar-refractivity contribution in [1.29, 1.82) is 0 Å². The Morgan fingerprint density at radius 1 is 1.00 bits per heavy atom. The number of phosphoric ester groups is 1. The van der Waals surface area contributed by atoms with Crippen LogP contribution in [-0.2, 0) is 26.7 Å². The van der Waals surface area contributed by atoms with Gasteiger partial charge in [-0.05, 0) is 42.5 Å². The largest absolute Gasteiger partial charge is 0.471 e. The van der Waals surface area contributed by atoms with Gasteiger partial charge in [0.1, 0.15) is 18.1 Å². The second-order valence-electron chi connectivity index (χ2n) is 9.74. The van der Waals surface area contributed by atoms with Crippen LogP contribution >= 0.6 is 7.82 Å². The molecule has 228 valence electrons. The van der Waals surface area contributed by atoms with Crippen LogP contribution in [0.4, 0.5) is 19.0 Å². The lowest BCUT2D eigenvalue weighted by molar-refractivity contribution is -0.137. The van der Waals surface area contributed by atoms with E-state index in [9.17, 15) is 27.3 Å². The molecule has 0 spiro atoms. The van der Waals surface area contributed by atoms with Crippen LogP contribution < -0.4 is 16.1 Å². The highest BCUT2D eigenvalue weighted by atomic mass is 31.2. The van der Waals surface area contributed by atoms with Crippen LogP contribution in [0.2, 0.25) is 0 Å². The van der Waals surface area contributed by atoms with Crippen molar-refractivity contribution < 1.29 is 36.8 Å². The van der Waals surface area contributed by atoms with Crippen LogP contribution in [0.5, 0.6) is 0 Å². The number of halogens is 3. The first kappa shape index (κ1) is 29.6. The van der Waals surface area contributed by atoms with E-state index in [0.717, 1.165) is 28.7 Å². The normalized spacial score (nSPS) is 14.4. The SMILES string of the molecule is O=c1c2cnc3ccc(-c4ccc(N5CCOCC5)nc4)nc3c2n(-c2cccc(C(F)(F)F)c2)c(=O)n1COP(=O)(O)O. The second-order valence-corrected chi connectivity index (χ2v) is 11.0. The molecule has 17 heteroatoms. The Labute approximate surface area is 245 Å². The number of phosphoric acid groups is 1. The van der Waals surface area contributed by atoms with Gasteiger partial charge < -0.3 is 19.4 Å². The average Bonchev–Trinajstić information content (AvgIpc) is 3.00. The molecule has 5 aromatic rings. The van der Waals surface area contributed by atoms with Gasteiger partial charge in [-0.15, -0.1) is 0 Å². The van der Waals surface area contributed by atoms with Crippen molar-refractivity contribution in [2.45, 2.75) is 12.9 Å². The van der Waals surface area contributed by atoms with Crippen molar-refractivity contribution in [3.63, 3.8) is 0 Å². The molecule has 44 heavy (non-hydrogen) atoms. The van der Waals surface area contributed by atoms with Gasteiger partial charge in [-0.25, -0.2) is 23.9 Å². The Hall–Kier alpha value is -4.47. The van der Waals surface area contributed by atoms with Gasteiger partial charge >= 0.3 is 19.7 Å². The number of rotatable bonds is 6. The number of anilines is 1. The molecule has 0 saturated carbocycles. The molecular formula is C27H22F3N6O7P. The minimum Gasteiger partial charge on any atom is -0.378 e. The molecule has 0 bridgehead atoms. The van der Waals surface area contributed by atoms with E-state index in [2.05, 4.69) is 24.4 Å². The van der Waals surface area contributed by atoms with E-state index in [1.165, 1.54) is 6.07 Å². The van der Waals surface area contributed by atoms with Gasteiger partial charge in [0.05, 0.1) is 46.6 Å². The first-order valence-electron chi connectivity index (χ1n) is 13.0. The number of pyridine rings is 3. The van der Waals surface area contributed by atoms with Crippen molar-refractivity contribution in [2.75, 3.05) is 31.2 Å². The number of aromatic nitrogens is 5. The zero-order valence-corrected chi connectivity index (χ0v) is 23.4. The summed E-state index contributed by atoms with van der Waals surface area (Å²) in [5, 5.41) is -0.255. The third-order valence-corrected chi connectivity index (χ3v) is 7.42. The number of morpholine rings is 1. The molecule has 0 radical (unpaired) electrons. The molecule has 1 aromatic carbocycles. The highest BCUT2D eigenvalue weighted by Crippen LogP contribution is 2.36. The zero-order chi connectivity index (χ0) is 31.2. The Morgan fingerprint density at radius 2 is 1.77 bits per heavy atom. The minimum atomic E-state index is -5.14. The fourth-order valence-corrected chi connectivity index (χ4v) is 5.14.